The molecule has 0 saturated carbocycles. The van der Waals surface area contributed by atoms with Crippen LogP contribution in [-0.4, -0.2) is 20.8 Å². The van der Waals surface area contributed by atoms with Crippen LogP contribution in [0.15, 0.2) is 22.1 Å². The molecule has 0 aliphatic heterocycles. The van der Waals surface area contributed by atoms with E-state index in [4.69, 9.17) is 17.3 Å². The van der Waals surface area contributed by atoms with E-state index in [-0.39, 0.29) is 17.0 Å². The smallest absolute Gasteiger partial charge is 0.327 e. The molecule has 110 valence electrons. The molecule has 0 aliphatic carbocycles. The third-order valence-corrected chi connectivity index (χ3v) is 5.68. The van der Waals surface area contributed by atoms with Gasteiger partial charge in [-0.1, -0.05) is 30.3 Å². The Morgan fingerprint density at radius 3 is 2.90 bits per heavy atom. The summed E-state index contributed by atoms with van der Waals surface area (Å²) < 4.78 is 2.38. The highest BCUT2D eigenvalue weighted by Gasteiger charge is 2.23. The quantitative estimate of drug-likeness (QED) is 0.797. The van der Waals surface area contributed by atoms with Gasteiger partial charge in [0.1, 0.15) is 0 Å². The zero-order valence-corrected chi connectivity index (χ0v) is 13.7. The molecule has 5 nitrogen and oxygen atoms in total. The van der Waals surface area contributed by atoms with Crippen molar-refractivity contribution in [2.24, 2.45) is 5.73 Å². The molecule has 3 N–H and O–H groups in total. The first kappa shape index (κ1) is 15.6. The van der Waals surface area contributed by atoms with Crippen molar-refractivity contribution >= 4 is 34.7 Å². The van der Waals surface area contributed by atoms with E-state index in [2.05, 4.69) is 10.2 Å². The highest BCUT2D eigenvalue weighted by Crippen LogP contribution is 2.40. The van der Waals surface area contributed by atoms with Gasteiger partial charge in [0.15, 0.2) is 5.16 Å². The fourth-order valence-electron chi connectivity index (χ4n) is 1.83. The Balaban J connectivity index is 2.27. The number of thiophene rings is 1. The van der Waals surface area contributed by atoms with Crippen LogP contribution in [0.5, 0.6) is 0 Å². The first-order valence-corrected chi connectivity index (χ1v) is 8.43. The second-order valence-corrected chi connectivity index (χ2v) is 7.36. The third kappa shape index (κ3) is 3.46. The Morgan fingerprint density at radius 2 is 2.35 bits per heavy atom. The van der Waals surface area contributed by atoms with Gasteiger partial charge in [0, 0.05) is 17.5 Å². The molecule has 0 aliphatic rings. The lowest BCUT2D eigenvalue weighted by atomic mass is 10.2. The molecule has 2 atom stereocenters. The summed E-state index contributed by atoms with van der Waals surface area (Å²) in [7, 11) is 0. The van der Waals surface area contributed by atoms with Gasteiger partial charge in [-0.15, -0.1) is 16.4 Å². The summed E-state index contributed by atoms with van der Waals surface area (Å²) in [5.74, 6) is 0. The van der Waals surface area contributed by atoms with Crippen molar-refractivity contribution in [2.45, 2.75) is 43.3 Å². The van der Waals surface area contributed by atoms with Gasteiger partial charge in [-0.05, 0) is 25.5 Å². The molecule has 8 heteroatoms. The maximum atomic E-state index is 11.7. The predicted octanol–water partition coefficient (Wildman–Crippen LogP) is 2.88. The number of thioether (sulfide) groups is 1. The van der Waals surface area contributed by atoms with E-state index < -0.39 is 0 Å². The minimum absolute atomic E-state index is 0.0262. The van der Waals surface area contributed by atoms with Crippen molar-refractivity contribution in [3.63, 3.8) is 0 Å². The Kier molecular flexibility index (Phi) is 5.31. The van der Waals surface area contributed by atoms with Crippen LogP contribution < -0.4 is 11.4 Å². The van der Waals surface area contributed by atoms with Crippen LogP contribution in [0.3, 0.4) is 0 Å². The summed E-state index contributed by atoms with van der Waals surface area (Å²) in [6.07, 6.45) is 0.876. The number of nitrogens with one attached hydrogen (secondary N) is 1. The van der Waals surface area contributed by atoms with Crippen molar-refractivity contribution in [1.29, 1.82) is 0 Å². The van der Waals surface area contributed by atoms with Crippen LogP contribution in [0.2, 0.25) is 4.34 Å². The zero-order valence-electron chi connectivity index (χ0n) is 11.3. The number of H-pyrrole nitrogens is 1. The molecule has 0 saturated heterocycles. The Hall–Kier alpha value is -0.760. The van der Waals surface area contributed by atoms with Gasteiger partial charge >= 0.3 is 5.69 Å². The molecular formula is C12H17ClN4OS2. The van der Waals surface area contributed by atoms with E-state index in [0.717, 1.165) is 15.6 Å². The molecular weight excluding hydrogens is 316 g/mol. The second-order valence-electron chi connectivity index (χ2n) is 4.50. The second kappa shape index (κ2) is 6.80. The fourth-order valence-corrected chi connectivity index (χ4v) is 4.32. The number of nitrogens with two attached hydrogens (primary N) is 1. The van der Waals surface area contributed by atoms with Gasteiger partial charge in [0.05, 0.1) is 9.59 Å². The van der Waals surface area contributed by atoms with Crippen LogP contribution in [0.4, 0.5) is 0 Å². The van der Waals surface area contributed by atoms with Crippen LogP contribution in [-0.2, 0) is 6.54 Å². The lowest BCUT2D eigenvalue weighted by molar-refractivity contribution is 0.600. The molecule has 2 rings (SSSR count). The first-order valence-electron chi connectivity index (χ1n) is 6.35. The Bertz CT molecular complexity index is 619. The van der Waals surface area contributed by atoms with Crippen molar-refractivity contribution in [2.75, 3.05) is 0 Å². The van der Waals surface area contributed by atoms with Crippen LogP contribution in [0, 0.1) is 0 Å². The molecule has 0 spiro atoms. The third-order valence-electron chi connectivity index (χ3n) is 2.75. The number of aromatic nitrogens is 3. The zero-order chi connectivity index (χ0) is 14.7. The lowest BCUT2D eigenvalue weighted by Gasteiger charge is -2.18. The molecule has 0 fully saturated rings. The van der Waals surface area contributed by atoms with Crippen LogP contribution in [0.1, 0.15) is 30.4 Å². The van der Waals surface area contributed by atoms with Crippen molar-refractivity contribution in [1.82, 2.24) is 14.8 Å². The fraction of sp³-hybridized carbons (Fsp3) is 0.500. The number of nitrogens with zero attached hydrogens (tertiary/aromatic N) is 2. The topological polar surface area (TPSA) is 76.7 Å². The number of rotatable bonds is 6. The number of hydrogen-bond acceptors (Lipinski definition) is 5. The summed E-state index contributed by atoms with van der Waals surface area (Å²) in [6, 6.07) is 3.76. The van der Waals surface area contributed by atoms with Gasteiger partial charge < -0.3 is 5.73 Å². The average Bonchev–Trinajstić information content (AvgIpc) is 2.95. The molecule has 0 amide bonds. The summed E-state index contributed by atoms with van der Waals surface area (Å²) in [5, 5.41) is 7.29. The van der Waals surface area contributed by atoms with Gasteiger partial charge in [-0.25, -0.2) is 9.89 Å². The maximum absolute atomic E-state index is 11.7. The standard InChI is InChI=1S/C12H17ClN4OS2/c1-3-6-17-11(18)15-16-12(17)20-10(7(2)14)8-4-5-9(13)19-8/h4-5,7,10H,3,6,14H2,1-2H3,(H,15,18). The summed E-state index contributed by atoms with van der Waals surface area (Å²) in [4.78, 5) is 12.8. The monoisotopic (exact) mass is 332 g/mol. The van der Waals surface area contributed by atoms with E-state index in [9.17, 15) is 4.79 Å². The molecule has 0 aromatic carbocycles. The number of hydrogen-bond donors (Lipinski definition) is 2. The Morgan fingerprint density at radius 1 is 1.60 bits per heavy atom. The SMILES string of the molecule is CCCn1c(SC(c2ccc(Cl)s2)C(C)N)n[nH]c1=O. The molecule has 0 radical (unpaired) electrons. The van der Waals surface area contributed by atoms with E-state index in [0.29, 0.717) is 11.7 Å². The summed E-state index contributed by atoms with van der Waals surface area (Å²) in [6.45, 7) is 4.62. The average molecular weight is 333 g/mol. The van der Waals surface area contributed by atoms with E-state index in [1.54, 1.807) is 4.57 Å². The van der Waals surface area contributed by atoms with Gasteiger partial charge in [-0.3, -0.25) is 4.57 Å². The highest BCUT2D eigenvalue weighted by atomic mass is 35.5. The highest BCUT2D eigenvalue weighted by molar-refractivity contribution is 7.99. The summed E-state index contributed by atoms with van der Waals surface area (Å²) >= 11 is 9.00. The van der Waals surface area contributed by atoms with E-state index in [1.807, 2.05) is 26.0 Å². The first-order chi connectivity index (χ1) is 9.52. The summed E-state index contributed by atoms with van der Waals surface area (Å²) in [5.41, 5.74) is 5.90. The number of aromatic amines is 1. The van der Waals surface area contributed by atoms with Crippen LogP contribution >= 0.6 is 34.7 Å². The minimum atomic E-state index is -0.179. The van der Waals surface area contributed by atoms with E-state index >= 15 is 0 Å². The van der Waals surface area contributed by atoms with Gasteiger partial charge in [-0.2, -0.15) is 0 Å². The van der Waals surface area contributed by atoms with E-state index in [1.165, 1.54) is 23.1 Å². The maximum Gasteiger partial charge on any atom is 0.343 e. The lowest BCUT2D eigenvalue weighted by Crippen LogP contribution is -2.23. The van der Waals surface area contributed by atoms with Crippen molar-refractivity contribution in [3.8, 4) is 0 Å². The molecule has 2 heterocycles. The molecule has 20 heavy (non-hydrogen) atoms. The molecule has 0 bridgehead atoms. The van der Waals surface area contributed by atoms with Gasteiger partial charge in [0.25, 0.3) is 0 Å². The number of halogens is 1. The molecule has 2 unspecified atom stereocenters. The van der Waals surface area contributed by atoms with Crippen molar-refractivity contribution < 1.29 is 0 Å². The van der Waals surface area contributed by atoms with Gasteiger partial charge in [0.2, 0.25) is 0 Å². The minimum Gasteiger partial charge on any atom is -0.327 e. The predicted molar refractivity (Wildman–Crippen MR) is 84.7 cm³/mol. The Labute approximate surface area is 130 Å². The molecule has 2 aromatic rings. The molecule has 2 aromatic heterocycles. The normalized spacial score (nSPS) is 14.4. The van der Waals surface area contributed by atoms with Crippen molar-refractivity contribution in [3.05, 3.63) is 31.8 Å². The largest absolute Gasteiger partial charge is 0.343 e. The van der Waals surface area contributed by atoms with Crippen LogP contribution in [0.25, 0.3) is 0 Å².